The molecular formula is C28H32N4O2. The molecule has 1 saturated carbocycles. The third kappa shape index (κ3) is 4.13. The Kier molecular flexibility index (Phi) is 5.98. The molecule has 3 aromatic rings. The lowest BCUT2D eigenvalue weighted by Gasteiger charge is -2.40. The van der Waals surface area contributed by atoms with Crippen molar-refractivity contribution >= 4 is 17.6 Å². The van der Waals surface area contributed by atoms with E-state index in [1.165, 1.54) is 0 Å². The van der Waals surface area contributed by atoms with Gasteiger partial charge in [0.25, 0.3) is 5.91 Å². The summed E-state index contributed by atoms with van der Waals surface area (Å²) in [7, 11) is 0. The molecule has 1 aromatic heterocycles. The monoisotopic (exact) mass is 456 g/mol. The molecular weight excluding hydrogens is 424 g/mol. The number of nitrogens with zero attached hydrogens (tertiary/aromatic N) is 2. The Morgan fingerprint density at radius 2 is 1.76 bits per heavy atom. The van der Waals surface area contributed by atoms with Crippen molar-refractivity contribution < 1.29 is 9.59 Å². The molecule has 2 aromatic carbocycles. The number of benzene rings is 2. The number of aromatic nitrogens is 2. The standard InChI is InChI=1S/C28H32N4O2/c1-17-12-14-20(15-13-17)24-23-19(3)31-32(22-10-5-4-6-11-22)26(23)30-28(34)25(24)29-27(33)21-9-7-8-18(2)16-21/h4-11,16-17,20,24-25H,12-15H2,1-3H3,(H,29,33)(H,30,34)/t17?,20?,24-,25+/m1/s1. The molecule has 2 amide bonds. The summed E-state index contributed by atoms with van der Waals surface area (Å²) < 4.78 is 1.83. The summed E-state index contributed by atoms with van der Waals surface area (Å²) in [6.45, 7) is 6.27. The highest BCUT2D eigenvalue weighted by molar-refractivity contribution is 6.03. The second kappa shape index (κ2) is 9.09. The molecule has 176 valence electrons. The van der Waals surface area contributed by atoms with Crippen molar-refractivity contribution in [1.82, 2.24) is 15.1 Å². The maximum absolute atomic E-state index is 13.5. The molecule has 0 unspecified atom stereocenters. The Bertz CT molecular complexity index is 1210. The smallest absolute Gasteiger partial charge is 0.251 e. The molecule has 5 rings (SSSR count). The van der Waals surface area contributed by atoms with E-state index in [1.807, 2.05) is 67.1 Å². The van der Waals surface area contributed by atoms with Crippen molar-refractivity contribution in [1.29, 1.82) is 0 Å². The first-order valence-corrected chi connectivity index (χ1v) is 12.3. The number of amides is 2. The topological polar surface area (TPSA) is 76.0 Å². The van der Waals surface area contributed by atoms with E-state index >= 15 is 0 Å². The highest BCUT2D eigenvalue weighted by Crippen LogP contribution is 2.46. The van der Waals surface area contributed by atoms with E-state index in [-0.39, 0.29) is 17.7 Å². The summed E-state index contributed by atoms with van der Waals surface area (Å²) >= 11 is 0. The van der Waals surface area contributed by atoms with Crippen LogP contribution in [0.1, 0.15) is 65.7 Å². The van der Waals surface area contributed by atoms with Gasteiger partial charge in [-0.3, -0.25) is 9.59 Å². The van der Waals surface area contributed by atoms with Gasteiger partial charge in [0.15, 0.2) is 0 Å². The van der Waals surface area contributed by atoms with Crippen molar-refractivity contribution in [2.75, 3.05) is 5.32 Å². The summed E-state index contributed by atoms with van der Waals surface area (Å²) in [5, 5.41) is 11.0. The average Bonchev–Trinajstić information content (AvgIpc) is 3.16. The number of rotatable bonds is 4. The van der Waals surface area contributed by atoms with Gasteiger partial charge in [-0.2, -0.15) is 5.10 Å². The summed E-state index contributed by atoms with van der Waals surface area (Å²) in [4.78, 5) is 26.7. The minimum atomic E-state index is -0.633. The van der Waals surface area contributed by atoms with Gasteiger partial charge in [0.1, 0.15) is 11.9 Å². The molecule has 34 heavy (non-hydrogen) atoms. The van der Waals surface area contributed by atoms with Crippen LogP contribution in [-0.4, -0.2) is 27.6 Å². The first-order chi connectivity index (χ1) is 16.4. The van der Waals surface area contributed by atoms with Crippen molar-refractivity contribution in [3.8, 4) is 5.69 Å². The van der Waals surface area contributed by atoms with Gasteiger partial charge in [-0.25, -0.2) is 4.68 Å². The summed E-state index contributed by atoms with van der Waals surface area (Å²) in [6.07, 6.45) is 4.38. The quantitative estimate of drug-likeness (QED) is 0.570. The number of aryl methyl sites for hydroxylation is 2. The molecule has 0 bridgehead atoms. The van der Waals surface area contributed by atoms with Gasteiger partial charge in [0.2, 0.25) is 5.91 Å². The van der Waals surface area contributed by atoms with E-state index in [4.69, 9.17) is 5.10 Å². The minimum absolute atomic E-state index is 0.109. The summed E-state index contributed by atoms with van der Waals surface area (Å²) in [5.41, 5.74) is 4.45. The van der Waals surface area contributed by atoms with Gasteiger partial charge in [0, 0.05) is 17.0 Å². The van der Waals surface area contributed by atoms with Gasteiger partial charge in [-0.05, 0) is 62.8 Å². The Morgan fingerprint density at radius 1 is 1.03 bits per heavy atom. The second-order valence-corrected chi connectivity index (χ2v) is 9.95. The zero-order valence-corrected chi connectivity index (χ0v) is 20.0. The van der Waals surface area contributed by atoms with Crippen LogP contribution in [0.25, 0.3) is 5.69 Å². The Balaban J connectivity index is 1.55. The highest BCUT2D eigenvalue weighted by atomic mass is 16.2. The number of nitrogens with one attached hydrogen (secondary N) is 2. The van der Waals surface area contributed by atoms with Crippen LogP contribution in [0.5, 0.6) is 0 Å². The summed E-state index contributed by atoms with van der Waals surface area (Å²) in [6, 6.07) is 16.7. The molecule has 0 saturated heterocycles. The molecule has 6 nitrogen and oxygen atoms in total. The van der Waals surface area contributed by atoms with E-state index in [0.29, 0.717) is 17.4 Å². The number of hydrogen-bond acceptors (Lipinski definition) is 3. The molecule has 2 atom stereocenters. The van der Waals surface area contributed by atoms with Crippen LogP contribution in [0.3, 0.4) is 0 Å². The molecule has 6 heteroatoms. The van der Waals surface area contributed by atoms with E-state index in [0.717, 1.165) is 54.0 Å². The number of anilines is 1. The van der Waals surface area contributed by atoms with E-state index < -0.39 is 6.04 Å². The van der Waals surface area contributed by atoms with E-state index in [2.05, 4.69) is 17.6 Å². The van der Waals surface area contributed by atoms with Gasteiger partial charge in [-0.1, -0.05) is 55.7 Å². The van der Waals surface area contributed by atoms with Crippen LogP contribution in [0.15, 0.2) is 54.6 Å². The van der Waals surface area contributed by atoms with Gasteiger partial charge >= 0.3 is 0 Å². The maximum Gasteiger partial charge on any atom is 0.251 e. The van der Waals surface area contributed by atoms with Crippen molar-refractivity contribution in [2.45, 2.75) is 58.4 Å². The molecule has 1 fully saturated rings. The lowest BCUT2D eigenvalue weighted by Crippen LogP contribution is -2.52. The third-order valence-electron chi connectivity index (χ3n) is 7.46. The molecule has 2 aliphatic rings. The number of fused-ring (bicyclic) bond motifs is 1. The van der Waals surface area contributed by atoms with Gasteiger partial charge < -0.3 is 10.6 Å². The van der Waals surface area contributed by atoms with Gasteiger partial charge in [-0.15, -0.1) is 0 Å². The Hall–Kier alpha value is -3.41. The van der Waals surface area contributed by atoms with Crippen LogP contribution in [0.4, 0.5) is 5.82 Å². The summed E-state index contributed by atoms with van der Waals surface area (Å²) in [5.74, 6) is 1.25. The normalized spacial score (nSPS) is 24.3. The Morgan fingerprint density at radius 3 is 2.47 bits per heavy atom. The first-order valence-electron chi connectivity index (χ1n) is 12.3. The number of carbonyl (C=O) groups is 2. The molecule has 2 heterocycles. The molecule has 1 aliphatic heterocycles. The number of para-hydroxylation sites is 1. The fourth-order valence-corrected chi connectivity index (χ4v) is 5.66. The fourth-order valence-electron chi connectivity index (χ4n) is 5.66. The number of hydrogen-bond donors (Lipinski definition) is 2. The van der Waals surface area contributed by atoms with Crippen LogP contribution in [-0.2, 0) is 4.79 Å². The fraction of sp³-hybridized carbons (Fsp3) is 0.393. The zero-order valence-electron chi connectivity index (χ0n) is 20.0. The van der Waals surface area contributed by atoms with Gasteiger partial charge in [0.05, 0.1) is 11.4 Å². The SMILES string of the molecule is Cc1cccc(C(=O)N[C@@H]2C(=O)Nc3c(c(C)nn3-c3ccccc3)[C@H]2C2CCC(C)CC2)c1. The van der Waals surface area contributed by atoms with E-state index in [9.17, 15) is 9.59 Å². The maximum atomic E-state index is 13.5. The van der Waals surface area contributed by atoms with Crippen LogP contribution >= 0.6 is 0 Å². The zero-order chi connectivity index (χ0) is 23.8. The van der Waals surface area contributed by atoms with Crippen LogP contribution in [0.2, 0.25) is 0 Å². The average molecular weight is 457 g/mol. The van der Waals surface area contributed by atoms with E-state index in [1.54, 1.807) is 6.07 Å². The molecule has 2 N–H and O–H groups in total. The van der Waals surface area contributed by atoms with Crippen molar-refractivity contribution in [2.24, 2.45) is 11.8 Å². The lowest BCUT2D eigenvalue weighted by atomic mass is 9.70. The molecule has 0 spiro atoms. The van der Waals surface area contributed by atoms with Crippen molar-refractivity contribution in [3.63, 3.8) is 0 Å². The number of carbonyl (C=O) groups excluding carboxylic acids is 2. The van der Waals surface area contributed by atoms with Crippen LogP contribution < -0.4 is 10.6 Å². The largest absolute Gasteiger partial charge is 0.340 e. The molecule has 1 aliphatic carbocycles. The highest BCUT2D eigenvalue weighted by Gasteiger charge is 2.45. The lowest BCUT2D eigenvalue weighted by molar-refractivity contribution is -0.119. The first kappa shape index (κ1) is 22.4. The van der Waals surface area contributed by atoms with Crippen LogP contribution in [0, 0.1) is 25.7 Å². The third-order valence-corrected chi connectivity index (χ3v) is 7.46. The molecule has 0 radical (unpaired) electrons. The second-order valence-electron chi connectivity index (χ2n) is 9.95. The minimum Gasteiger partial charge on any atom is -0.340 e. The predicted octanol–water partition coefficient (Wildman–Crippen LogP) is 5.15. The Labute approximate surface area is 200 Å². The van der Waals surface area contributed by atoms with Crippen molar-refractivity contribution in [3.05, 3.63) is 77.0 Å². The predicted molar refractivity (Wildman–Crippen MR) is 133 cm³/mol.